The van der Waals surface area contributed by atoms with E-state index in [2.05, 4.69) is 15.6 Å². The second kappa shape index (κ2) is 7.43. The van der Waals surface area contributed by atoms with Crippen LogP contribution in [0.4, 0.5) is 10.1 Å². The average Bonchev–Trinajstić information content (AvgIpc) is 3.19. The van der Waals surface area contributed by atoms with Crippen LogP contribution in [0.15, 0.2) is 48.7 Å². The summed E-state index contributed by atoms with van der Waals surface area (Å²) in [5, 5.41) is 7.24. The second-order valence-electron chi connectivity index (χ2n) is 7.03. The smallest absolute Gasteiger partial charge is 0.269 e. The lowest BCUT2D eigenvalue weighted by molar-refractivity contribution is -0.114. The molecule has 0 fully saturated rings. The number of H-pyrrole nitrogens is 1. The van der Waals surface area contributed by atoms with Crippen molar-refractivity contribution < 1.29 is 14.0 Å². The predicted octanol–water partition coefficient (Wildman–Crippen LogP) is 3.73. The zero-order valence-electron chi connectivity index (χ0n) is 16.2. The number of nitrogens with zero attached hydrogens (tertiary/aromatic N) is 1. The Balaban J connectivity index is 1.54. The summed E-state index contributed by atoms with van der Waals surface area (Å²) >= 11 is 0. The number of hydrogen-bond acceptors (Lipinski definition) is 2. The number of nitrogens with one attached hydrogen (secondary N) is 3. The molecule has 3 N–H and O–H groups in total. The molecule has 2 aromatic carbocycles. The molecule has 0 spiro atoms. The molecule has 148 valence electrons. The monoisotopic (exact) mass is 392 g/mol. The van der Waals surface area contributed by atoms with E-state index in [-0.39, 0.29) is 17.6 Å². The van der Waals surface area contributed by atoms with Gasteiger partial charge >= 0.3 is 0 Å². The van der Waals surface area contributed by atoms with Gasteiger partial charge in [-0.05, 0) is 36.2 Å². The number of hydrogen-bond donors (Lipinski definition) is 3. The second-order valence-corrected chi connectivity index (χ2v) is 7.03. The van der Waals surface area contributed by atoms with Gasteiger partial charge < -0.3 is 20.2 Å². The number of amides is 2. The summed E-state index contributed by atoms with van der Waals surface area (Å²) in [6.45, 7) is 1.78. The van der Waals surface area contributed by atoms with E-state index in [1.807, 2.05) is 42.1 Å². The lowest BCUT2D eigenvalue weighted by Crippen LogP contribution is -2.27. The molecular formula is C22H21FN4O2. The molecular weight excluding hydrogens is 371 g/mol. The van der Waals surface area contributed by atoms with Gasteiger partial charge in [0, 0.05) is 48.5 Å². The SMILES string of the molecule is CC(=O)Nc1c(C(=O)NCCc2cn(C)c3ccc(F)cc23)[nH]c2ccccc12. The molecule has 0 bridgehead atoms. The van der Waals surface area contributed by atoms with E-state index in [4.69, 9.17) is 0 Å². The number of benzene rings is 2. The van der Waals surface area contributed by atoms with Crippen LogP contribution in [0.2, 0.25) is 0 Å². The van der Waals surface area contributed by atoms with Crippen LogP contribution in [-0.4, -0.2) is 27.9 Å². The summed E-state index contributed by atoms with van der Waals surface area (Å²) < 4.78 is 15.6. The molecule has 0 aliphatic carbocycles. The summed E-state index contributed by atoms with van der Waals surface area (Å²) in [5.74, 6) is -0.843. The van der Waals surface area contributed by atoms with Gasteiger partial charge in [0.25, 0.3) is 5.91 Å². The summed E-state index contributed by atoms with van der Waals surface area (Å²) in [4.78, 5) is 27.4. The number of aryl methyl sites for hydroxylation is 1. The minimum Gasteiger partial charge on any atom is -0.350 e. The summed E-state index contributed by atoms with van der Waals surface area (Å²) in [7, 11) is 1.91. The molecule has 7 heteroatoms. The Morgan fingerprint density at radius 1 is 1.14 bits per heavy atom. The van der Waals surface area contributed by atoms with Crippen molar-refractivity contribution in [3.8, 4) is 0 Å². The summed E-state index contributed by atoms with van der Waals surface area (Å²) in [5.41, 5.74) is 3.45. The van der Waals surface area contributed by atoms with E-state index in [0.717, 1.165) is 27.4 Å². The third-order valence-electron chi connectivity index (χ3n) is 4.95. The number of carbonyl (C=O) groups is 2. The quantitative estimate of drug-likeness (QED) is 0.484. The van der Waals surface area contributed by atoms with Crippen molar-refractivity contribution in [2.75, 3.05) is 11.9 Å². The number of carbonyl (C=O) groups excluding carboxylic acids is 2. The zero-order valence-corrected chi connectivity index (χ0v) is 16.2. The van der Waals surface area contributed by atoms with Crippen LogP contribution in [0.1, 0.15) is 23.0 Å². The van der Waals surface area contributed by atoms with Crippen LogP contribution in [0, 0.1) is 5.82 Å². The third-order valence-corrected chi connectivity index (χ3v) is 4.95. The van der Waals surface area contributed by atoms with Crippen molar-refractivity contribution in [1.29, 1.82) is 0 Å². The normalized spacial score (nSPS) is 11.1. The topological polar surface area (TPSA) is 78.9 Å². The van der Waals surface area contributed by atoms with Crippen LogP contribution in [-0.2, 0) is 18.3 Å². The minimum atomic E-state index is -0.309. The highest BCUT2D eigenvalue weighted by molar-refractivity contribution is 6.12. The Morgan fingerprint density at radius 2 is 1.93 bits per heavy atom. The molecule has 0 aliphatic heterocycles. The van der Waals surface area contributed by atoms with Gasteiger partial charge in [-0.2, -0.15) is 0 Å². The highest BCUT2D eigenvalue weighted by Gasteiger charge is 2.18. The standard InChI is InChI=1S/C22H21FN4O2/c1-13(28)25-20-16-5-3-4-6-18(16)26-21(20)22(29)24-10-9-14-12-27(2)19-8-7-15(23)11-17(14)19/h3-8,11-12,26H,9-10H2,1-2H3,(H,24,29)(H,25,28). The van der Waals surface area contributed by atoms with Gasteiger partial charge in [0.2, 0.25) is 5.91 Å². The Labute approximate surface area is 166 Å². The number of aromatic amines is 1. The van der Waals surface area contributed by atoms with Gasteiger partial charge in [-0.1, -0.05) is 18.2 Å². The largest absolute Gasteiger partial charge is 0.350 e. The molecule has 2 heterocycles. The Bertz CT molecular complexity index is 1240. The minimum absolute atomic E-state index is 0.249. The van der Waals surface area contributed by atoms with E-state index < -0.39 is 0 Å². The molecule has 0 saturated carbocycles. The van der Waals surface area contributed by atoms with Crippen LogP contribution < -0.4 is 10.6 Å². The van der Waals surface area contributed by atoms with E-state index in [1.54, 1.807) is 6.07 Å². The van der Waals surface area contributed by atoms with Crippen molar-refractivity contribution >= 4 is 39.3 Å². The number of fused-ring (bicyclic) bond motifs is 2. The van der Waals surface area contributed by atoms with E-state index >= 15 is 0 Å². The zero-order chi connectivity index (χ0) is 20.5. The highest BCUT2D eigenvalue weighted by atomic mass is 19.1. The van der Waals surface area contributed by atoms with E-state index in [1.165, 1.54) is 19.1 Å². The van der Waals surface area contributed by atoms with Crippen molar-refractivity contribution in [3.05, 3.63) is 65.7 Å². The summed E-state index contributed by atoms with van der Waals surface area (Å²) in [6.07, 6.45) is 2.50. The first-order chi connectivity index (χ1) is 13.9. The maximum atomic E-state index is 13.6. The van der Waals surface area contributed by atoms with Gasteiger partial charge in [0.1, 0.15) is 11.5 Å². The van der Waals surface area contributed by atoms with Crippen LogP contribution in [0.3, 0.4) is 0 Å². The molecule has 6 nitrogen and oxygen atoms in total. The molecule has 4 aromatic rings. The van der Waals surface area contributed by atoms with E-state index in [0.29, 0.717) is 24.3 Å². The molecule has 0 unspecified atom stereocenters. The van der Waals surface area contributed by atoms with Crippen molar-refractivity contribution in [1.82, 2.24) is 14.9 Å². The number of rotatable bonds is 5. The van der Waals surface area contributed by atoms with Gasteiger partial charge in [0.15, 0.2) is 0 Å². The molecule has 0 atom stereocenters. The molecule has 0 saturated heterocycles. The highest BCUT2D eigenvalue weighted by Crippen LogP contribution is 2.28. The number of aromatic nitrogens is 2. The van der Waals surface area contributed by atoms with Crippen LogP contribution in [0.5, 0.6) is 0 Å². The number of halogens is 1. The maximum Gasteiger partial charge on any atom is 0.269 e. The van der Waals surface area contributed by atoms with Gasteiger partial charge in [-0.3, -0.25) is 9.59 Å². The fraction of sp³-hybridized carbons (Fsp3) is 0.182. The van der Waals surface area contributed by atoms with Gasteiger partial charge in [-0.25, -0.2) is 4.39 Å². The molecule has 2 amide bonds. The van der Waals surface area contributed by atoms with Crippen molar-refractivity contribution in [2.24, 2.45) is 7.05 Å². The van der Waals surface area contributed by atoms with E-state index in [9.17, 15) is 14.0 Å². The fourth-order valence-electron chi connectivity index (χ4n) is 3.66. The fourth-order valence-corrected chi connectivity index (χ4v) is 3.66. The van der Waals surface area contributed by atoms with Crippen LogP contribution >= 0.6 is 0 Å². The molecule has 2 aromatic heterocycles. The lowest BCUT2D eigenvalue weighted by Gasteiger charge is -2.07. The number of para-hydroxylation sites is 1. The molecule has 4 rings (SSSR count). The van der Waals surface area contributed by atoms with Crippen LogP contribution in [0.25, 0.3) is 21.8 Å². The Hall–Kier alpha value is -3.61. The number of anilines is 1. The first-order valence-corrected chi connectivity index (χ1v) is 9.34. The Morgan fingerprint density at radius 3 is 2.72 bits per heavy atom. The molecule has 0 aliphatic rings. The van der Waals surface area contributed by atoms with Gasteiger partial charge in [-0.15, -0.1) is 0 Å². The summed E-state index contributed by atoms with van der Waals surface area (Å²) in [6, 6.07) is 12.1. The van der Waals surface area contributed by atoms with Gasteiger partial charge in [0.05, 0.1) is 5.69 Å². The maximum absolute atomic E-state index is 13.6. The van der Waals surface area contributed by atoms with Crippen molar-refractivity contribution in [3.63, 3.8) is 0 Å². The van der Waals surface area contributed by atoms with Crippen molar-refractivity contribution in [2.45, 2.75) is 13.3 Å². The molecule has 0 radical (unpaired) electrons. The average molecular weight is 392 g/mol. The third kappa shape index (κ3) is 3.59. The Kier molecular flexibility index (Phi) is 4.80. The molecule has 29 heavy (non-hydrogen) atoms. The predicted molar refractivity (Wildman–Crippen MR) is 112 cm³/mol. The first-order valence-electron chi connectivity index (χ1n) is 9.34. The first kappa shape index (κ1) is 18.7. The lowest BCUT2D eigenvalue weighted by atomic mass is 10.1.